The highest BCUT2D eigenvalue weighted by Gasteiger charge is 2.38. The fourth-order valence-corrected chi connectivity index (χ4v) is 3.67. The molecule has 0 bridgehead atoms. The smallest absolute Gasteiger partial charge is 0.218 e. The van der Waals surface area contributed by atoms with Crippen LogP contribution < -0.4 is 10.6 Å². The molecule has 1 heterocycles. The summed E-state index contributed by atoms with van der Waals surface area (Å²) in [5.74, 6) is -0.164. The molecule has 1 aliphatic carbocycles. The number of carbonyl (C=O) groups excluding carboxylic acids is 2. The van der Waals surface area contributed by atoms with E-state index in [1.54, 1.807) is 18.4 Å². The SMILES string of the molecule is C=C/C(=C\C=N/CNC(C)=O)c1[nH]c2c(c1Nc1ccccc1)C(=O)CC(C)(CO)C2. The van der Waals surface area contributed by atoms with Crippen molar-refractivity contribution in [2.75, 3.05) is 18.6 Å². The molecule has 0 fully saturated rings. The number of aromatic nitrogens is 1. The molecule has 0 radical (unpaired) electrons. The Hall–Kier alpha value is -3.45. The van der Waals surface area contributed by atoms with E-state index in [1.807, 2.05) is 37.3 Å². The van der Waals surface area contributed by atoms with Crippen molar-refractivity contribution < 1.29 is 14.7 Å². The fraction of sp³-hybridized carbons (Fsp3) is 0.292. The lowest BCUT2D eigenvalue weighted by Crippen LogP contribution is -2.32. The van der Waals surface area contributed by atoms with Crippen LogP contribution in [0.3, 0.4) is 0 Å². The van der Waals surface area contributed by atoms with Crippen LogP contribution in [0.2, 0.25) is 0 Å². The van der Waals surface area contributed by atoms with Gasteiger partial charge in [0.05, 0.1) is 16.9 Å². The molecule has 1 atom stereocenters. The van der Waals surface area contributed by atoms with Gasteiger partial charge in [-0.15, -0.1) is 0 Å². The average molecular weight is 421 g/mol. The average Bonchev–Trinajstić information content (AvgIpc) is 3.09. The van der Waals surface area contributed by atoms with Crippen LogP contribution in [-0.2, 0) is 11.2 Å². The van der Waals surface area contributed by atoms with Gasteiger partial charge < -0.3 is 20.7 Å². The summed E-state index contributed by atoms with van der Waals surface area (Å²) in [7, 11) is 0. The van der Waals surface area contributed by atoms with Crippen molar-refractivity contribution >= 4 is 34.9 Å². The number of allylic oxidation sites excluding steroid dienone is 3. The largest absolute Gasteiger partial charge is 0.396 e. The van der Waals surface area contributed by atoms with Crippen molar-refractivity contribution in [2.45, 2.75) is 26.7 Å². The van der Waals surface area contributed by atoms with Gasteiger partial charge in [0, 0.05) is 48.5 Å². The molecule has 2 aromatic rings. The molecule has 0 saturated carbocycles. The quantitative estimate of drug-likeness (QED) is 0.386. The minimum atomic E-state index is -0.492. The van der Waals surface area contributed by atoms with Gasteiger partial charge in [-0.25, -0.2) is 0 Å². The number of hydrogen-bond donors (Lipinski definition) is 4. The lowest BCUT2D eigenvalue weighted by Gasteiger charge is -2.30. The second-order valence-corrected chi connectivity index (χ2v) is 8.01. The number of rotatable bonds is 8. The number of aliphatic hydroxyl groups is 1. The van der Waals surface area contributed by atoms with Gasteiger partial charge in [-0.2, -0.15) is 0 Å². The number of amides is 1. The zero-order valence-electron chi connectivity index (χ0n) is 17.9. The molecule has 1 amide bonds. The highest BCUT2D eigenvalue weighted by Crippen LogP contribution is 2.42. The van der Waals surface area contributed by atoms with Gasteiger partial charge in [0.15, 0.2) is 5.78 Å². The summed E-state index contributed by atoms with van der Waals surface area (Å²) < 4.78 is 0. The third-order valence-corrected chi connectivity index (χ3v) is 5.26. The van der Waals surface area contributed by atoms with Gasteiger partial charge in [0.2, 0.25) is 5.91 Å². The van der Waals surface area contributed by atoms with Gasteiger partial charge in [-0.1, -0.05) is 37.8 Å². The van der Waals surface area contributed by atoms with E-state index in [-0.39, 0.29) is 31.4 Å². The van der Waals surface area contributed by atoms with Crippen molar-refractivity contribution in [2.24, 2.45) is 10.4 Å². The Labute approximate surface area is 182 Å². The molecule has 162 valence electrons. The monoisotopic (exact) mass is 420 g/mol. The van der Waals surface area contributed by atoms with E-state index in [1.165, 1.54) is 6.92 Å². The minimum Gasteiger partial charge on any atom is -0.396 e. The van der Waals surface area contributed by atoms with Crippen LogP contribution in [0.4, 0.5) is 11.4 Å². The number of H-pyrrole nitrogens is 1. The van der Waals surface area contributed by atoms with Crippen LogP contribution in [0, 0.1) is 5.41 Å². The first-order valence-corrected chi connectivity index (χ1v) is 10.1. The zero-order valence-corrected chi connectivity index (χ0v) is 17.9. The number of ketones is 1. The molecule has 0 aliphatic heterocycles. The Morgan fingerprint density at radius 2 is 2.06 bits per heavy atom. The number of hydrogen-bond acceptors (Lipinski definition) is 5. The maximum Gasteiger partial charge on any atom is 0.218 e. The summed E-state index contributed by atoms with van der Waals surface area (Å²) in [6.45, 7) is 7.38. The van der Waals surface area contributed by atoms with E-state index in [2.05, 4.69) is 27.2 Å². The predicted molar refractivity (Wildman–Crippen MR) is 124 cm³/mol. The predicted octanol–water partition coefficient (Wildman–Crippen LogP) is 3.62. The van der Waals surface area contributed by atoms with Gasteiger partial charge in [-0.3, -0.25) is 14.6 Å². The van der Waals surface area contributed by atoms with Crippen LogP contribution in [0.1, 0.15) is 42.0 Å². The Morgan fingerprint density at radius 3 is 2.71 bits per heavy atom. The Balaban J connectivity index is 2.04. The van der Waals surface area contributed by atoms with Crippen molar-refractivity contribution in [1.82, 2.24) is 10.3 Å². The number of benzene rings is 1. The summed E-state index contributed by atoms with van der Waals surface area (Å²) in [5.41, 5.74) is 3.94. The van der Waals surface area contributed by atoms with Gasteiger partial charge in [0.25, 0.3) is 0 Å². The third-order valence-electron chi connectivity index (χ3n) is 5.26. The molecule has 7 heteroatoms. The highest BCUT2D eigenvalue weighted by molar-refractivity contribution is 6.07. The normalized spacial score (nSPS) is 18.7. The number of aliphatic hydroxyl groups excluding tert-OH is 1. The van der Waals surface area contributed by atoms with Crippen molar-refractivity contribution in [3.8, 4) is 0 Å². The molecule has 1 unspecified atom stereocenters. The summed E-state index contributed by atoms with van der Waals surface area (Å²) in [6, 6.07) is 9.63. The van der Waals surface area contributed by atoms with Crippen LogP contribution in [0.15, 0.2) is 54.1 Å². The van der Waals surface area contributed by atoms with Gasteiger partial charge in [0.1, 0.15) is 6.67 Å². The Bertz CT molecular complexity index is 1040. The fourth-order valence-electron chi connectivity index (χ4n) is 3.67. The Kier molecular flexibility index (Phi) is 6.87. The molecule has 0 saturated heterocycles. The summed E-state index contributed by atoms with van der Waals surface area (Å²) in [4.78, 5) is 31.6. The van der Waals surface area contributed by atoms with E-state index in [4.69, 9.17) is 0 Å². The lowest BCUT2D eigenvalue weighted by molar-refractivity contribution is -0.118. The van der Waals surface area contributed by atoms with Gasteiger partial charge >= 0.3 is 0 Å². The summed E-state index contributed by atoms with van der Waals surface area (Å²) >= 11 is 0. The molecule has 31 heavy (non-hydrogen) atoms. The lowest BCUT2D eigenvalue weighted by atomic mass is 9.75. The maximum atomic E-state index is 13.1. The number of Topliss-reactive ketones (excluding diaryl/α,β-unsaturated/α-hetero) is 1. The minimum absolute atomic E-state index is 0.0125. The van der Waals surface area contributed by atoms with E-state index in [9.17, 15) is 14.7 Å². The first-order valence-electron chi connectivity index (χ1n) is 10.1. The molecule has 1 aromatic heterocycles. The number of anilines is 2. The number of fused-ring (bicyclic) bond motifs is 1. The highest BCUT2D eigenvalue weighted by atomic mass is 16.3. The van der Waals surface area contributed by atoms with Crippen molar-refractivity contribution in [1.29, 1.82) is 0 Å². The van der Waals surface area contributed by atoms with Crippen LogP contribution in [0.25, 0.3) is 5.57 Å². The van der Waals surface area contributed by atoms with E-state index in [0.29, 0.717) is 17.7 Å². The number of nitrogens with one attached hydrogen (secondary N) is 3. The van der Waals surface area contributed by atoms with Gasteiger partial charge in [-0.05, 0) is 24.6 Å². The molecule has 1 aliphatic rings. The topological polar surface area (TPSA) is 107 Å². The maximum absolute atomic E-state index is 13.1. The molecule has 3 rings (SSSR count). The second-order valence-electron chi connectivity index (χ2n) is 8.01. The van der Waals surface area contributed by atoms with Crippen LogP contribution in [0.5, 0.6) is 0 Å². The third kappa shape index (κ3) is 5.19. The second kappa shape index (κ2) is 9.57. The molecule has 1 aromatic carbocycles. The van der Waals surface area contributed by atoms with Crippen molar-refractivity contribution in [3.05, 3.63) is 66.0 Å². The number of carbonyl (C=O) groups is 2. The first-order chi connectivity index (χ1) is 14.9. The number of nitrogens with zero attached hydrogens (tertiary/aromatic N) is 1. The summed E-state index contributed by atoms with van der Waals surface area (Å²) in [6.07, 6.45) is 5.90. The van der Waals surface area contributed by atoms with E-state index >= 15 is 0 Å². The molecular weight excluding hydrogens is 392 g/mol. The number of para-hydroxylation sites is 1. The zero-order chi connectivity index (χ0) is 22.4. The van der Waals surface area contributed by atoms with Crippen LogP contribution in [-0.4, -0.2) is 41.3 Å². The molecule has 0 spiro atoms. The molecule has 7 nitrogen and oxygen atoms in total. The summed E-state index contributed by atoms with van der Waals surface area (Å²) in [5, 5.41) is 15.8. The van der Waals surface area contributed by atoms with E-state index < -0.39 is 5.41 Å². The molecular formula is C24H28N4O3. The first kappa shape index (κ1) is 22.2. The number of aliphatic imine (C=N–C) groups is 1. The standard InChI is InChI=1S/C24H28N4O3/c1-4-17(10-11-25-15-26-16(2)30)22-23(27-18-8-6-5-7-9-18)21-19(28-22)12-24(3,14-29)13-20(21)31/h4-11,27-29H,1,12-15H2,2-3H3,(H,26,30)/b17-10+,25-11-. The van der Waals surface area contributed by atoms with Crippen LogP contribution >= 0.6 is 0 Å². The molecule has 4 N–H and O–H groups in total. The van der Waals surface area contributed by atoms with Crippen molar-refractivity contribution in [3.63, 3.8) is 0 Å². The number of aromatic amines is 1. The van der Waals surface area contributed by atoms with E-state index in [0.717, 1.165) is 22.6 Å². The Morgan fingerprint density at radius 1 is 1.32 bits per heavy atom.